The predicted octanol–water partition coefficient (Wildman–Crippen LogP) is 2.35. The number of benzene rings is 1. The minimum absolute atomic E-state index is 0.154. The molecule has 26 heavy (non-hydrogen) atoms. The van der Waals surface area contributed by atoms with Crippen molar-refractivity contribution < 1.29 is 14.4 Å². The molecule has 0 fully saturated rings. The van der Waals surface area contributed by atoms with E-state index in [1.54, 1.807) is 24.3 Å². The Labute approximate surface area is 152 Å². The topological polar surface area (TPSA) is 114 Å². The van der Waals surface area contributed by atoms with Gasteiger partial charge in [-0.25, -0.2) is 0 Å². The first-order chi connectivity index (χ1) is 12.2. The first-order valence-corrected chi connectivity index (χ1v) is 8.21. The lowest BCUT2D eigenvalue weighted by atomic mass is 10.0. The largest absolute Gasteiger partial charge is 0.366 e. The van der Waals surface area contributed by atoms with Gasteiger partial charge in [0.1, 0.15) is 5.69 Å². The summed E-state index contributed by atoms with van der Waals surface area (Å²) in [7, 11) is 0. The highest BCUT2D eigenvalue weighted by atomic mass is 16.2. The smallest absolute Gasteiger partial charge is 0.274 e. The van der Waals surface area contributed by atoms with Gasteiger partial charge in [-0.1, -0.05) is 6.92 Å². The molecule has 0 radical (unpaired) electrons. The first-order valence-electron chi connectivity index (χ1n) is 8.21. The van der Waals surface area contributed by atoms with E-state index in [1.807, 2.05) is 20.8 Å². The van der Waals surface area contributed by atoms with Gasteiger partial charge in [-0.2, -0.15) is 0 Å². The summed E-state index contributed by atoms with van der Waals surface area (Å²) in [6, 6.07) is 9.42. The molecule has 7 nitrogen and oxygen atoms in total. The lowest BCUT2D eigenvalue weighted by Crippen LogP contribution is -2.42. The molecule has 2 aromatic rings. The van der Waals surface area contributed by atoms with Gasteiger partial charge in [-0.05, 0) is 56.7 Å². The SMILES string of the molecule is CCC(C)(C)NC(=O)c1ccc(NC(=O)c2ccc(C(N)=O)cn2)cc1. The molecule has 0 aliphatic rings. The molecule has 0 aliphatic heterocycles. The summed E-state index contributed by atoms with van der Waals surface area (Å²) in [6.45, 7) is 5.91. The molecule has 0 unspecified atom stereocenters. The minimum atomic E-state index is -0.607. The average molecular weight is 354 g/mol. The van der Waals surface area contributed by atoms with Gasteiger partial charge in [-0.15, -0.1) is 0 Å². The Bertz CT molecular complexity index is 812. The van der Waals surface area contributed by atoms with Crippen LogP contribution in [-0.2, 0) is 0 Å². The normalized spacial score (nSPS) is 10.9. The molecule has 0 bridgehead atoms. The number of hydrogen-bond donors (Lipinski definition) is 3. The number of hydrogen-bond acceptors (Lipinski definition) is 4. The maximum absolute atomic E-state index is 12.2. The van der Waals surface area contributed by atoms with Gasteiger partial charge in [0, 0.05) is 23.0 Å². The van der Waals surface area contributed by atoms with Crippen LogP contribution < -0.4 is 16.4 Å². The fourth-order valence-electron chi connectivity index (χ4n) is 2.04. The van der Waals surface area contributed by atoms with E-state index in [0.29, 0.717) is 11.3 Å². The molecule has 3 amide bonds. The number of carbonyl (C=O) groups excluding carboxylic acids is 3. The van der Waals surface area contributed by atoms with E-state index in [0.717, 1.165) is 6.42 Å². The number of nitrogens with two attached hydrogens (primary N) is 1. The van der Waals surface area contributed by atoms with E-state index < -0.39 is 11.8 Å². The van der Waals surface area contributed by atoms with E-state index in [1.165, 1.54) is 18.3 Å². The molecule has 0 aliphatic carbocycles. The second-order valence-electron chi connectivity index (χ2n) is 6.52. The van der Waals surface area contributed by atoms with Gasteiger partial charge in [0.25, 0.3) is 11.8 Å². The van der Waals surface area contributed by atoms with Crippen LogP contribution in [0, 0.1) is 0 Å². The Morgan fingerprint density at radius 2 is 1.62 bits per heavy atom. The average Bonchev–Trinajstić information content (AvgIpc) is 2.62. The van der Waals surface area contributed by atoms with Crippen LogP contribution >= 0.6 is 0 Å². The van der Waals surface area contributed by atoms with Crippen molar-refractivity contribution in [3.8, 4) is 0 Å². The van der Waals surface area contributed by atoms with Crippen LogP contribution in [0.4, 0.5) is 5.69 Å². The number of anilines is 1. The summed E-state index contributed by atoms with van der Waals surface area (Å²) in [4.78, 5) is 39.3. The second kappa shape index (κ2) is 7.77. The molecule has 4 N–H and O–H groups in total. The first kappa shape index (κ1) is 19.1. The molecule has 0 saturated carbocycles. The van der Waals surface area contributed by atoms with Gasteiger partial charge in [0.2, 0.25) is 5.91 Å². The summed E-state index contributed by atoms with van der Waals surface area (Å²) in [5, 5.41) is 5.63. The van der Waals surface area contributed by atoms with Crippen molar-refractivity contribution in [3.63, 3.8) is 0 Å². The number of nitrogens with zero attached hydrogens (tertiary/aromatic N) is 1. The zero-order valence-electron chi connectivity index (χ0n) is 15.0. The van der Waals surface area contributed by atoms with Crippen molar-refractivity contribution in [3.05, 3.63) is 59.4 Å². The maximum Gasteiger partial charge on any atom is 0.274 e. The monoisotopic (exact) mass is 354 g/mol. The molecule has 2 rings (SSSR count). The van der Waals surface area contributed by atoms with Crippen molar-refractivity contribution >= 4 is 23.4 Å². The second-order valence-corrected chi connectivity index (χ2v) is 6.52. The van der Waals surface area contributed by atoms with Crippen LogP contribution in [-0.4, -0.2) is 28.2 Å². The zero-order valence-corrected chi connectivity index (χ0v) is 15.0. The van der Waals surface area contributed by atoms with Crippen LogP contribution in [0.3, 0.4) is 0 Å². The number of pyridine rings is 1. The lowest BCUT2D eigenvalue weighted by molar-refractivity contribution is 0.0910. The molecule has 1 heterocycles. The van der Waals surface area contributed by atoms with Crippen molar-refractivity contribution in [1.82, 2.24) is 10.3 Å². The highest BCUT2D eigenvalue weighted by molar-refractivity contribution is 6.03. The van der Waals surface area contributed by atoms with E-state index >= 15 is 0 Å². The van der Waals surface area contributed by atoms with Gasteiger partial charge in [-0.3, -0.25) is 19.4 Å². The Morgan fingerprint density at radius 3 is 2.12 bits per heavy atom. The van der Waals surface area contributed by atoms with Crippen molar-refractivity contribution in [2.45, 2.75) is 32.7 Å². The fourth-order valence-corrected chi connectivity index (χ4v) is 2.04. The third kappa shape index (κ3) is 4.89. The summed E-state index contributed by atoms with van der Waals surface area (Å²) in [5.41, 5.74) is 6.27. The molecule has 0 saturated heterocycles. The van der Waals surface area contributed by atoms with Gasteiger partial charge < -0.3 is 16.4 Å². The maximum atomic E-state index is 12.2. The predicted molar refractivity (Wildman–Crippen MR) is 99.0 cm³/mol. The van der Waals surface area contributed by atoms with Crippen LogP contribution in [0.25, 0.3) is 0 Å². The number of amides is 3. The Morgan fingerprint density at radius 1 is 1.00 bits per heavy atom. The van der Waals surface area contributed by atoms with E-state index in [9.17, 15) is 14.4 Å². The van der Waals surface area contributed by atoms with Crippen LogP contribution in [0.2, 0.25) is 0 Å². The fraction of sp³-hybridized carbons (Fsp3) is 0.263. The highest BCUT2D eigenvalue weighted by Gasteiger charge is 2.18. The van der Waals surface area contributed by atoms with Crippen molar-refractivity contribution in [2.24, 2.45) is 5.73 Å². The molecular formula is C19H22N4O3. The summed E-state index contributed by atoms with van der Waals surface area (Å²) in [6.07, 6.45) is 2.06. The number of rotatable bonds is 6. The van der Waals surface area contributed by atoms with E-state index in [2.05, 4.69) is 15.6 Å². The molecule has 0 atom stereocenters. The quantitative estimate of drug-likeness (QED) is 0.738. The lowest BCUT2D eigenvalue weighted by Gasteiger charge is -2.24. The van der Waals surface area contributed by atoms with Crippen LogP contribution in [0.5, 0.6) is 0 Å². The number of aromatic nitrogens is 1. The molecular weight excluding hydrogens is 332 g/mol. The van der Waals surface area contributed by atoms with Gasteiger partial charge >= 0.3 is 0 Å². The van der Waals surface area contributed by atoms with Crippen LogP contribution in [0.1, 0.15) is 58.4 Å². The third-order valence-electron chi connectivity index (χ3n) is 4.02. The highest BCUT2D eigenvalue weighted by Crippen LogP contribution is 2.13. The zero-order chi connectivity index (χ0) is 19.3. The van der Waals surface area contributed by atoms with E-state index in [4.69, 9.17) is 5.73 Å². The van der Waals surface area contributed by atoms with Crippen molar-refractivity contribution in [1.29, 1.82) is 0 Å². The standard InChI is InChI=1S/C19H22N4O3/c1-4-19(2,3)23-17(25)12-5-8-14(9-6-12)22-18(26)15-10-7-13(11-21-15)16(20)24/h5-11H,4H2,1-3H3,(H2,20,24)(H,22,26)(H,23,25). The van der Waals surface area contributed by atoms with Gasteiger partial charge in [0.05, 0.1) is 5.56 Å². The Balaban J connectivity index is 2.03. The number of primary amides is 1. The summed E-state index contributed by atoms with van der Waals surface area (Å²) < 4.78 is 0. The molecule has 1 aromatic heterocycles. The minimum Gasteiger partial charge on any atom is -0.366 e. The number of carbonyl (C=O) groups is 3. The van der Waals surface area contributed by atoms with Crippen molar-refractivity contribution in [2.75, 3.05) is 5.32 Å². The number of nitrogens with one attached hydrogen (secondary N) is 2. The molecule has 1 aromatic carbocycles. The Kier molecular flexibility index (Phi) is 5.71. The third-order valence-corrected chi connectivity index (χ3v) is 4.02. The van der Waals surface area contributed by atoms with Crippen LogP contribution in [0.15, 0.2) is 42.6 Å². The molecule has 7 heteroatoms. The van der Waals surface area contributed by atoms with E-state index in [-0.39, 0.29) is 22.7 Å². The molecule has 0 spiro atoms. The summed E-state index contributed by atoms with van der Waals surface area (Å²) in [5.74, 6) is -1.20. The molecule has 136 valence electrons. The summed E-state index contributed by atoms with van der Waals surface area (Å²) >= 11 is 0. The van der Waals surface area contributed by atoms with Gasteiger partial charge in [0.15, 0.2) is 0 Å². The Hall–Kier alpha value is -3.22.